The summed E-state index contributed by atoms with van der Waals surface area (Å²) in [5.74, 6) is -0.170. The predicted octanol–water partition coefficient (Wildman–Crippen LogP) is 6.94. The van der Waals surface area contributed by atoms with E-state index in [1.54, 1.807) is 35.6 Å². The van der Waals surface area contributed by atoms with Crippen LogP contribution in [0.25, 0.3) is 21.3 Å². The molecule has 1 heterocycles. The minimum absolute atomic E-state index is 0. The average Bonchev–Trinajstić information content (AvgIpc) is 3.21. The van der Waals surface area contributed by atoms with E-state index in [-0.39, 0.29) is 18.3 Å². The monoisotopic (exact) mass is 534 g/mol. The van der Waals surface area contributed by atoms with Crippen LogP contribution in [0.3, 0.4) is 0 Å². The van der Waals surface area contributed by atoms with Crippen molar-refractivity contribution < 1.29 is 4.79 Å². The summed E-state index contributed by atoms with van der Waals surface area (Å²) in [6.07, 6.45) is 0. The third-order valence-corrected chi connectivity index (χ3v) is 6.91. The number of benzene rings is 3. The summed E-state index contributed by atoms with van der Waals surface area (Å²) >= 11 is 13.9. The number of nitrogens with one attached hydrogen (secondary N) is 1. The Bertz CT molecular complexity index is 1290. The fourth-order valence-electron chi connectivity index (χ4n) is 3.33. The van der Waals surface area contributed by atoms with Crippen molar-refractivity contribution in [3.8, 4) is 11.1 Å². The van der Waals surface area contributed by atoms with Gasteiger partial charge in [-0.3, -0.25) is 4.79 Å². The van der Waals surface area contributed by atoms with Gasteiger partial charge in [-0.1, -0.05) is 52.7 Å². The Kier molecular flexibility index (Phi) is 8.79. The van der Waals surface area contributed by atoms with Gasteiger partial charge in [-0.2, -0.15) is 0 Å². The van der Waals surface area contributed by atoms with Crippen molar-refractivity contribution in [1.29, 1.82) is 0 Å². The quantitative estimate of drug-likeness (QED) is 0.278. The van der Waals surface area contributed by atoms with Gasteiger partial charge >= 0.3 is 0 Å². The second-order valence-electron chi connectivity index (χ2n) is 8.06. The third kappa shape index (κ3) is 6.20. The first kappa shape index (κ1) is 26.3. The highest BCUT2D eigenvalue weighted by molar-refractivity contribution is 7.22. The van der Waals surface area contributed by atoms with Crippen molar-refractivity contribution in [3.05, 3.63) is 76.3 Å². The van der Waals surface area contributed by atoms with Crippen molar-refractivity contribution in [2.45, 2.75) is 0 Å². The number of aromatic nitrogens is 1. The average molecular weight is 536 g/mol. The van der Waals surface area contributed by atoms with Gasteiger partial charge in [0.05, 0.1) is 10.2 Å². The van der Waals surface area contributed by atoms with Crippen molar-refractivity contribution in [2.24, 2.45) is 0 Å². The number of fused-ring (bicyclic) bond motifs is 1. The molecule has 0 spiro atoms. The van der Waals surface area contributed by atoms with Crippen molar-refractivity contribution in [1.82, 2.24) is 9.88 Å². The third-order valence-electron chi connectivity index (χ3n) is 5.23. The Hall–Kier alpha value is -2.35. The molecule has 0 bridgehead atoms. The van der Waals surface area contributed by atoms with Gasteiger partial charge in [0.1, 0.15) is 0 Å². The van der Waals surface area contributed by atoms with E-state index in [1.807, 2.05) is 43.4 Å². The van der Waals surface area contributed by atoms with Gasteiger partial charge in [0.25, 0.3) is 5.91 Å². The van der Waals surface area contributed by atoms with Crippen molar-refractivity contribution >= 4 is 73.9 Å². The zero-order chi connectivity index (χ0) is 23.5. The summed E-state index contributed by atoms with van der Waals surface area (Å²) in [5, 5.41) is 5.11. The molecule has 0 unspecified atom stereocenters. The lowest BCUT2D eigenvalue weighted by Gasteiger charge is -2.18. The molecular formula is C25H25Cl3N4OS. The summed E-state index contributed by atoms with van der Waals surface area (Å²) < 4.78 is 1.03. The highest BCUT2D eigenvalue weighted by Gasteiger charge is 2.12. The first-order valence-corrected chi connectivity index (χ1v) is 12.0. The molecule has 34 heavy (non-hydrogen) atoms. The molecule has 9 heteroatoms. The number of halogens is 3. The molecule has 3 aromatic carbocycles. The molecule has 1 amide bonds. The second-order valence-corrected chi connectivity index (χ2v) is 9.91. The Morgan fingerprint density at radius 2 is 1.71 bits per heavy atom. The van der Waals surface area contributed by atoms with Crippen LogP contribution in [-0.2, 0) is 0 Å². The van der Waals surface area contributed by atoms with Crippen LogP contribution in [0.15, 0.2) is 60.7 Å². The molecule has 5 nitrogen and oxygen atoms in total. The summed E-state index contributed by atoms with van der Waals surface area (Å²) in [6.45, 7) is 1.85. The fourth-order valence-corrected chi connectivity index (χ4v) is 4.84. The van der Waals surface area contributed by atoms with Gasteiger partial charge in [-0.05, 0) is 62.1 Å². The van der Waals surface area contributed by atoms with Crippen LogP contribution < -0.4 is 10.2 Å². The molecule has 4 aromatic rings. The summed E-state index contributed by atoms with van der Waals surface area (Å²) in [7, 11) is 6.16. The molecule has 0 atom stereocenters. The number of carbonyl (C=O) groups excluding carboxylic acids is 1. The first-order valence-electron chi connectivity index (χ1n) is 10.4. The summed E-state index contributed by atoms with van der Waals surface area (Å²) in [5.41, 5.74) is 4.02. The van der Waals surface area contributed by atoms with E-state index in [2.05, 4.69) is 29.2 Å². The lowest BCUT2D eigenvalue weighted by molar-refractivity contribution is 0.102. The van der Waals surface area contributed by atoms with E-state index in [4.69, 9.17) is 28.2 Å². The highest BCUT2D eigenvalue weighted by atomic mass is 35.5. The molecule has 4 rings (SSSR count). The fraction of sp³-hybridized carbons (Fsp3) is 0.200. The Morgan fingerprint density at radius 3 is 2.38 bits per heavy atom. The number of anilines is 2. The molecule has 1 aromatic heterocycles. The summed E-state index contributed by atoms with van der Waals surface area (Å²) in [6, 6.07) is 18.5. The molecule has 0 fully saturated rings. The van der Waals surface area contributed by atoms with Crippen molar-refractivity contribution in [3.63, 3.8) is 0 Å². The number of rotatable bonds is 7. The Morgan fingerprint density at radius 1 is 0.971 bits per heavy atom. The number of thiazole rings is 1. The molecule has 0 aliphatic heterocycles. The number of amides is 1. The van der Waals surface area contributed by atoms with E-state index in [9.17, 15) is 4.79 Å². The minimum Gasteiger partial charge on any atom is -0.350 e. The normalized spacial score (nSPS) is 10.9. The number of likely N-dealkylation sites (N-methyl/N-ethyl adjacent to an activating group) is 2. The largest absolute Gasteiger partial charge is 0.350 e. The predicted molar refractivity (Wildman–Crippen MR) is 149 cm³/mol. The first-order chi connectivity index (χ1) is 15.8. The van der Waals surface area contributed by atoms with E-state index in [0.29, 0.717) is 15.6 Å². The van der Waals surface area contributed by atoms with Gasteiger partial charge in [0.2, 0.25) is 0 Å². The van der Waals surface area contributed by atoms with Gasteiger partial charge < -0.3 is 15.1 Å². The molecular weight excluding hydrogens is 511 g/mol. The number of hydrogen-bond donors (Lipinski definition) is 1. The molecule has 0 radical (unpaired) electrons. The molecule has 0 aliphatic carbocycles. The molecule has 1 N–H and O–H groups in total. The van der Waals surface area contributed by atoms with Crippen LogP contribution in [0.1, 0.15) is 10.4 Å². The Balaban J connectivity index is 0.00000324. The molecule has 0 saturated heterocycles. The zero-order valence-corrected chi connectivity index (χ0v) is 22.2. The lowest BCUT2D eigenvalue weighted by Crippen LogP contribution is -2.28. The van der Waals surface area contributed by atoms with E-state index in [1.165, 1.54) is 0 Å². The van der Waals surface area contributed by atoms with Crippen LogP contribution in [-0.4, -0.2) is 50.0 Å². The number of hydrogen-bond acceptors (Lipinski definition) is 5. The van der Waals surface area contributed by atoms with Gasteiger partial charge in [-0.25, -0.2) is 4.98 Å². The number of carbonyl (C=O) groups is 1. The smallest absolute Gasteiger partial charge is 0.255 e. The molecule has 0 saturated carbocycles. The van der Waals surface area contributed by atoms with Crippen LogP contribution in [0.4, 0.5) is 10.8 Å². The van der Waals surface area contributed by atoms with Gasteiger partial charge in [0.15, 0.2) is 5.13 Å². The Labute approximate surface area is 219 Å². The number of nitrogens with zero attached hydrogens (tertiary/aromatic N) is 3. The van der Waals surface area contributed by atoms with Gasteiger partial charge in [0, 0.05) is 47.0 Å². The van der Waals surface area contributed by atoms with Crippen molar-refractivity contribution in [2.75, 3.05) is 44.4 Å². The maximum Gasteiger partial charge on any atom is 0.255 e. The summed E-state index contributed by atoms with van der Waals surface area (Å²) in [4.78, 5) is 21.8. The van der Waals surface area contributed by atoms with Crippen LogP contribution >= 0.6 is 46.9 Å². The minimum atomic E-state index is -0.170. The standard InChI is InChI=1S/C25H24Cl2N4OS.ClH/c1-30(2)12-13-31(3)25-29-22-11-9-19(15-23(22)33-25)28-24(32)17-6-4-16(5-7-17)20-10-8-18(26)14-21(20)27;/h4-11,14-15H,12-13H2,1-3H3,(H,28,32);1H. The molecule has 178 valence electrons. The van der Waals surface area contributed by atoms with E-state index >= 15 is 0 Å². The SMILES string of the molecule is CN(C)CCN(C)c1nc2ccc(NC(=O)c3ccc(-c4ccc(Cl)cc4Cl)cc3)cc2s1.Cl. The van der Waals surface area contributed by atoms with E-state index < -0.39 is 0 Å². The lowest BCUT2D eigenvalue weighted by atomic mass is 10.0. The highest BCUT2D eigenvalue weighted by Crippen LogP contribution is 2.32. The van der Waals surface area contributed by atoms with Gasteiger partial charge in [-0.15, -0.1) is 12.4 Å². The van der Waals surface area contributed by atoms with Crippen LogP contribution in [0, 0.1) is 0 Å². The van der Waals surface area contributed by atoms with Crippen LogP contribution in [0.5, 0.6) is 0 Å². The topological polar surface area (TPSA) is 48.5 Å². The second kappa shape index (κ2) is 11.4. The maximum atomic E-state index is 12.8. The van der Waals surface area contributed by atoms with E-state index in [0.717, 1.165) is 45.3 Å². The van der Waals surface area contributed by atoms with Crippen LogP contribution in [0.2, 0.25) is 10.0 Å². The zero-order valence-electron chi connectivity index (χ0n) is 19.0. The molecule has 0 aliphatic rings. The maximum absolute atomic E-state index is 12.8.